The number of morpholine rings is 1. The summed E-state index contributed by atoms with van der Waals surface area (Å²) in [6, 6.07) is 27.0. The first kappa shape index (κ1) is 28.6. The van der Waals surface area contributed by atoms with Crippen LogP contribution in [0.5, 0.6) is 5.75 Å². The van der Waals surface area contributed by atoms with E-state index in [4.69, 9.17) is 19.4 Å². The minimum Gasteiger partial charge on any atom is -0.497 e. The fourth-order valence-corrected chi connectivity index (χ4v) is 5.16. The lowest BCUT2D eigenvalue weighted by atomic mass is 10.0. The quantitative estimate of drug-likeness (QED) is 0.128. The van der Waals surface area contributed by atoms with Gasteiger partial charge in [-0.15, -0.1) is 0 Å². The van der Waals surface area contributed by atoms with Gasteiger partial charge in [0.25, 0.3) is 11.2 Å². The van der Waals surface area contributed by atoms with Gasteiger partial charge in [0.1, 0.15) is 18.0 Å². The number of fused-ring (bicyclic) bond motifs is 1. The number of oxime groups is 1. The average Bonchev–Trinajstić information content (AvgIpc) is 3.07. The molecule has 0 bridgehead atoms. The fraction of sp³-hybridized carbons (Fsp3) is 0.182. The van der Waals surface area contributed by atoms with Gasteiger partial charge in [0, 0.05) is 41.4 Å². The molecule has 0 spiro atoms. The molecule has 0 saturated carbocycles. The second kappa shape index (κ2) is 12.8. The maximum absolute atomic E-state index is 13.8. The summed E-state index contributed by atoms with van der Waals surface area (Å²) in [4.78, 5) is 33.0. The molecule has 0 amide bonds. The molecule has 0 N–H and O–H groups in total. The van der Waals surface area contributed by atoms with Crippen molar-refractivity contribution in [3.05, 3.63) is 123 Å². The maximum Gasteiger partial charge on any atom is 0.295 e. The van der Waals surface area contributed by atoms with Gasteiger partial charge >= 0.3 is 0 Å². The molecular formula is C33H29N5O6. The van der Waals surface area contributed by atoms with E-state index in [1.165, 1.54) is 6.07 Å². The summed E-state index contributed by atoms with van der Waals surface area (Å²) in [5.74, 6) is 0.538. The van der Waals surface area contributed by atoms with Crippen LogP contribution in [0.15, 0.2) is 101 Å². The molecule has 11 nitrogen and oxygen atoms in total. The number of anilines is 1. The van der Waals surface area contributed by atoms with Crippen LogP contribution < -0.4 is 15.2 Å². The van der Waals surface area contributed by atoms with Crippen LogP contribution in [0.2, 0.25) is 0 Å². The van der Waals surface area contributed by atoms with Crippen LogP contribution in [0.3, 0.4) is 0 Å². The fourth-order valence-electron chi connectivity index (χ4n) is 5.16. The molecule has 44 heavy (non-hydrogen) atoms. The maximum atomic E-state index is 13.8. The minimum atomic E-state index is -0.503. The van der Waals surface area contributed by atoms with Crippen LogP contribution in [0, 0.1) is 10.1 Å². The minimum absolute atomic E-state index is 0.0787. The van der Waals surface area contributed by atoms with Crippen LogP contribution in [0.4, 0.5) is 11.4 Å². The molecule has 1 saturated heterocycles. The monoisotopic (exact) mass is 591 g/mol. The largest absolute Gasteiger partial charge is 0.497 e. The zero-order valence-corrected chi connectivity index (χ0v) is 24.0. The van der Waals surface area contributed by atoms with Crippen molar-refractivity contribution < 1.29 is 19.2 Å². The van der Waals surface area contributed by atoms with E-state index in [2.05, 4.69) is 10.1 Å². The number of nitro benzene ring substituents is 1. The van der Waals surface area contributed by atoms with E-state index in [9.17, 15) is 14.9 Å². The Labute approximate surface area is 252 Å². The lowest BCUT2D eigenvalue weighted by Gasteiger charge is -2.29. The Morgan fingerprint density at radius 2 is 1.73 bits per heavy atom. The van der Waals surface area contributed by atoms with Gasteiger partial charge in [-0.2, -0.15) is 9.78 Å². The highest BCUT2D eigenvalue weighted by molar-refractivity contribution is 5.95. The Morgan fingerprint density at radius 1 is 0.977 bits per heavy atom. The first-order chi connectivity index (χ1) is 21.5. The third-order valence-electron chi connectivity index (χ3n) is 7.35. The van der Waals surface area contributed by atoms with Crippen molar-refractivity contribution in [3.8, 4) is 22.7 Å². The normalized spacial score (nSPS) is 13.3. The standard InChI is InChI=1S/C33H29N5O6/c1-42-27-18-24(21-34-44-22-23-7-3-2-4-8-23)17-25(19-27)32-28-9-5-6-10-29(28)33(39)37(35-32)31-20-26(11-12-30(31)38(40)41)36-13-15-43-16-14-36/h2-12,17-21H,13-16,22H2,1H3. The van der Waals surface area contributed by atoms with E-state index in [-0.39, 0.29) is 11.4 Å². The van der Waals surface area contributed by atoms with Crippen LogP contribution in [0.25, 0.3) is 27.7 Å². The van der Waals surface area contributed by atoms with Gasteiger partial charge in [-0.3, -0.25) is 14.9 Å². The zero-order valence-electron chi connectivity index (χ0n) is 24.0. The molecular weight excluding hydrogens is 562 g/mol. The van der Waals surface area contributed by atoms with Gasteiger partial charge in [0.15, 0.2) is 0 Å². The van der Waals surface area contributed by atoms with Crippen LogP contribution in [0.1, 0.15) is 11.1 Å². The number of nitrogens with zero attached hydrogens (tertiary/aromatic N) is 5. The predicted molar refractivity (Wildman–Crippen MR) is 168 cm³/mol. The molecule has 1 aliphatic heterocycles. The van der Waals surface area contributed by atoms with Gasteiger partial charge < -0.3 is 19.2 Å². The van der Waals surface area contributed by atoms with Gasteiger partial charge in [-0.05, 0) is 42.0 Å². The highest BCUT2D eigenvalue weighted by Gasteiger charge is 2.23. The van der Waals surface area contributed by atoms with E-state index in [1.807, 2.05) is 42.5 Å². The molecule has 2 heterocycles. The summed E-state index contributed by atoms with van der Waals surface area (Å²) in [6.07, 6.45) is 1.57. The molecule has 4 aromatic carbocycles. The molecule has 11 heteroatoms. The van der Waals surface area contributed by atoms with Crippen molar-refractivity contribution in [1.82, 2.24) is 9.78 Å². The number of rotatable bonds is 9. The van der Waals surface area contributed by atoms with Crippen LogP contribution in [-0.2, 0) is 16.2 Å². The number of benzene rings is 4. The number of aromatic nitrogens is 2. The van der Waals surface area contributed by atoms with Crippen molar-refractivity contribution in [2.24, 2.45) is 5.16 Å². The highest BCUT2D eigenvalue weighted by atomic mass is 16.6. The number of nitro groups is 1. The molecule has 1 aromatic heterocycles. The Kier molecular flexibility index (Phi) is 8.28. The molecule has 6 rings (SSSR count). The van der Waals surface area contributed by atoms with Gasteiger partial charge in [0.2, 0.25) is 0 Å². The van der Waals surface area contributed by atoms with Gasteiger partial charge in [-0.25, -0.2) is 0 Å². The molecule has 222 valence electrons. The topological polar surface area (TPSA) is 121 Å². The summed E-state index contributed by atoms with van der Waals surface area (Å²) in [5.41, 5.74) is 2.87. The summed E-state index contributed by atoms with van der Waals surface area (Å²) < 4.78 is 12.2. The summed E-state index contributed by atoms with van der Waals surface area (Å²) in [6.45, 7) is 2.66. The van der Waals surface area contributed by atoms with Gasteiger partial charge in [0.05, 0.1) is 42.5 Å². The predicted octanol–water partition coefficient (Wildman–Crippen LogP) is 5.36. The van der Waals surface area contributed by atoms with Crippen LogP contribution in [-0.4, -0.2) is 54.3 Å². The van der Waals surface area contributed by atoms with Crippen molar-refractivity contribution in [1.29, 1.82) is 0 Å². The Bertz CT molecular complexity index is 1900. The number of hydrogen-bond donors (Lipinski definition) is 0. The molecule has 5 aromatic rings. The van der Waals surface area contributed by atoms with E-state index < -0.39 is 10.5 Å². The van der Waals surface area contributed by atoms with Gasteiger partial charge in [-0.1, -0.05) is 53.7 Å². The summed E-state index contributed by atoms with van der Waals surface area (Å²) >= 11 is 0. The second-order valence-corrected chi connectivity index (χ2v) is 10.1. The SMILES string of the molecule is COc1cc(C=NOCc2ccccc2)cc(-c2nn(-c3cc(N4CCOCC4)ccc3[N+](=O)[O-])c(=O)c3ccccc23)c1. The van der Waals surface area contributed by atoms with E-state index in [1.54, 1.807) is 55.8 Å². The Morgan fingerprint density at radius 3 is 2.48 bits per heavy atom. The van der Waals surface area contributed by atoms with Crippen molar-refractivity contribution in [3.63, 3.8) is 0 Å². The molecule has 0 unspecified atom stereocenters. The van der Waals surface area contributed by atoms with Crippen molar-refractivity contribution in [2.75, 3.05) is 38.3 Å². The van der Waals surface area contributed by atoms with E-state index in [0.717, 1.165) is 15.9 Å². The van der Waals surface area contributed by atoms with E-state index >= 15 is 0 Å². The lowest BCUT2D eigenvalue weighted by molar-refractivity contribution is -0.384. The smallest absolute Gasteiger partial charge is 0.295 e. The molecule has 1 fully saturated rings. The summed E-state index contributed by atoms with van der Waals surface area (Å²) in [7, 11) is 1.55. The molecule has 1 aliphatic rings. The number of ether oxygens (including phenoxy) is 2. The van der Waals surface area contributed by atoms with Crippen molar-refractivity contribution >= 4 is 28.4 Å². The third kappa shape index (κ3) is 5.99. The average molecular weight is 592 g/mol. The zero-order chi connectivity index (χ0) is 30.5. The molecule has 0 aliphatic carbocycles. The Balaban J connectivity index is 1.46. The third-order valence-corrected chi connectivity index (χ3v) is 7.35. The summed E-state index contributed by atoms with van der Waals surface area (Å²) in [5, 5.41) is 22.0. The van der Waals surface area contributed by atoms with Crippen molar-refractivity contribution in [2.45, 2.75) is 6.61 Å². The number of methoxy groups -OCH3 is 1. The molecule has 0 atom stereocenters. The Hall–Kier alpha value is -5.55. The lowest BCUT2D eigenvalue weighted by Crippen LogP contribution is -2.36. The first-order valence-electron chi connectivity index (χ1n) is 14.0. The van der Waals surface area contributed by atoms with E-state index in [0.29, 0.717) is 66.3 Å². The van der Waals surface area contributed by atoms with Crippen LogP contribution >= 0.6 is 0 Å². The first-order valence-corrected chi connectivity index (χ1v) is 14.0. The number of hydrogen-bond acceptors (Lipinski definition) is 9. The highest BCUT2D eigenvalue weighted by Crippen LogP contribution is 2.32. The molecule has 0 radical (unpaired) electrons. The second-order valence-electron chi connectivity index (χ2n) is 10.1.